The Bertz CT molecular complexity index is 510. The van der Waals surface area contributed by atoms with Crippen LogP contribution in [-0.4, -0.2) is 122 Å². The molecule has 156 valence electrons. The van der Waals surface area contributed by atoms with Gasteiger partial charge in [-0.25, -0.2) is 0 Å². The van der Waals surface area contributed by atoms with Crippen molar-refractivity contribution >= 4 is 5.91 Å². The molecule has 0 aromatic rings. The van der Waals surface area contributed by atoms with E-state index in [-0.39, 0.29) is 6.54 Å². The van der Waals surface area contributed by atoms with Crippen molar-refractivity contribution in [3.05, 3.63) is 0 Å². The summed E-state index contributed by atoms with van der Waals surface area (Å²) in [5, 5.41) is 79.6. The molecule has 0 aromatic heterocycles. The van der Waals surface area contributed by atoms with E-state index in [1.807, 2.05) is 0 Å². The van der Waals surface area contributed by atoms with Crippen LogP contribution in [0.2, 0.25) is 0 Å². The maximum absolute atomic E-state index is 11.7. The summed E-state index contributed by atoms with van der Waals surface area (Å²) < 4.78 is 10.2. The van der Waals surface area contributed by atoms with Crippen LogP contribution in [0.25, 0.3) is 0 Å². The highest BCUT2D eigenvalue weighted by molar-refractivity contribution is 5.81. The van der Waals surface area contributed by atoms with Crippen molar-refractivity contribution in [1.82, 2.24) is 5.32 Å². The number of terminal acetylenes is 1. The van der Waals surface area contributed by atoms with Crippen LogP contribution in [0.15, 0.2) is 0 Å². The van der Waals surface area contributed by atoms with Crippen molar-refractivity contribution in [1.29, 1.82) is 0 Å². The second-order valence-electron chi connectivity index (χ2n) is 5.91. The summed E-state index contributed by atoms with van der Waals surface area (Å²) in [4.78, 5) is 11.7. The Hall–Kier alpha value is -1.37. The molecule has 0 spiro atoms. The maximum atomic E-state index is 11.7. The minimum Gasteiger partial charge on any atom is -0.394 e. The molecule has 0 radical (unpaired) electrons. The van der Waals surface area contributed by atoms with Crippen LogP contribution >= 0.6 is 0 Å². The van der Waals surface area contributed by atoms with Gasteiger partial charge in [0.05, 0.1) is 19.8 Å². The number of rotatable bonds is 9. The van der Waals surface area contributed by atoms with Crippen LogP contribution in [0.4, 0.5) is 0 Å². The third-order valence-electron chi connectivity index (χ3n) is 4.00. The number of hydrogen-bond acceptors (Lipinski definition) is 11. The van der Waals surface area contributed by atoms with Gasteiger partial charge in [-0.15, -0.1) is 6.42 Å². The highest BCUT2D eigenvalue weighted by atomic mass is 16.7. The van der Waals surface area contributed by atoms with Gasteiger partial charge in [-0.1, -0.05) is 5.92 Å². The van der Waals surface area contributed by atoms with Gasteiger partial charge in [-0.05, 0) is 0 Å². The fraction of sp³-hybridized carbons (Fsp3) is 0.800. The van der Waals surface area contributed by atoms with E-state index < -0.39 is 74.2 Å². The molecule has 1 fully saturated rings. The summed E-state index contributed by atoms with van der Waals surface area (Å²) in [5.41, 5.74) is 0. The Balaban J connectivity index is 2.93. The minimum atomic E-state index is -2.13. The lowest BCUT2D eigenvalue weighted by Crippen LogP contribution is -2.62. The van der Waals surface area contributed by atoms with Gasteiger partial charge in [0.2, 0.25) is 0 Å². The standard InChI is InChI=1S/C15H25NO11/c1-2-3-16-14(25)11(23)10(22)13(6(19)4-17)27-15-12(24)9(21)8(20)7(5-18)26-15/h1,6-13,15,17-24H,3-5H2,(H,16,25)/t6-,7-,8+,9+,10+,11-,12-,13-,15+/m1/s1. The molecule has 1 saturated heterocycles. The number of aliphatic hydroxyl groups excluding tert-OH is 8. The molecule has 0 aromatic carbocycles. The zero-order valence-electron chi connectivity index (χ0n) is 14.2. The number of hydrogen-bond donors (Lipinski definition) is 9. The van der Waals surface area contributed by atoms with Crippen LogP contribution in [0.5, 0.6) is 0 Å². The van der Waals surface area contributed by atoms with E-state index in [9.17, 15) is 35.4 Å². The predicted octanol–water partition coefficient (Wildman–Crippen LogP) is -6.00. The molecule has 1 rings (SSSR count). The number of carbonyl (C=O) groups excluding carboxylic acids is 1. The summed E-state index contributed by atoms with van der Waals surface area (Å²) >= 11 is 0. The van der Waals surface area contributed by atoms with Gasteiger partial charge in [0.25, 0.3) is 5.91 Å². The van der Waals surface area contributed by atoms with Gasteiger partial charge in [-0.3, -0.25) is 4.79 Å². The predicted molar refractivity (Wildman–Crippen MR) is 85.6 cm³/mol. The fourth-order valence-electron chi connectivity index (χ4n) is 2.41. The molecule has 1 aliphatic rings. The zero-order chi connectivity index (χ0) is 20.7. The summed E-state index contributed by atoms with van der Waals surface area (Å²) in [6, 6.07) is 0. The number of carbonyl (C=O) groups is 1. The molecule has 9 atom stereocenters. The number of aliphatic hydroxyl groups is 8. The van der Waals surface area contributed by atoms with Crippen molar-refractivity contribution in [2.75, 3.05) is 19.8 Å². The van der Waals surface area contributed by atoms with E-state index in [1.165, 1.54) is 0 Å². The Labute approximate surface area is 154 Å². The molecule has 9 N–H and O–H groups in total. The molecule has 1 heterocycles. The molecular weight excluding hydrogens is 370 g/mol. The van der Waals surface area contributed by atoms with Gasteiger partial charge in [-0.2, -0.15) is 0 Å². The van der Waals surface area contributed by atoms with E-state index in [4.69, 9.17) is 26.1 Å². The Morgan fingerprint density at radius 3 is 2.30 bits per heavy atom. The zero-order valence-corrected chi connectivity index (χ0v) is 14.2. The first-order chi connectivity index (χ1) is 12.7. The minimum absolute atomic E-state index is 0.247. The molecule has 12 heteroatoms. The maximum Gasteiger partial charge on any atom is 0.252 e. The Morgan fingerprint density at radius 2 is 1.78 bits per heavy atom. The lowest BCUT2D eigenvalue weighted by Gasteiger charge is -2.42. The number of ether oxygens (including phenoxy) is 2. The van der Waals surface area contributed by atoms with E-state index in [1.54, 1.807) is 0 Å². The average Bonchev–Trinajstić information content (AvgIpc) is 2.68. The van der Waals surface area contributed by atoms with E-state index in [0.717, 1.165) is 0 Å². The third kappa shape index (κ3) is 5.80. The topological polar surface area (TPSA) is 209 Å². The largest absolute Gasteiger partial charge is 0.394 e. The van der Waals surface area contributed by atoms with Crippen LogP contribution in [0.1, 0.15) is 0 Å². The number of amides is 1. The second kappa shape index (κ2) is 10.8. The van der Waals surface area contributed by atoms with Crippen LogP contribution in [0.3, 0.4) is 0 Å². The van der Waals surface area contributed by atoms with Crippen LogP contribution in [-0.2, 0) is 14.3 Å². The highest BCUT2D eigenvalue weighted by Gasteiger charge is 2.47. The molecule has 27 heavy (non-hydrogen) atoms. The van der Waals surface area contributed by atoms with Crippen LogP contribution in [0, 0.1) is 12.3 Å². The quantitative estimate of drug-likeness (QED) is 0.168. The summed E-state index contributed by atoms with van der Waals surface area (Å²) in [5.74, 6) is 0.984. The first-order valence-corrected chi connectivity index (χ1v) is 8.01. The second-order valence-corrected chi connectivity index (χ2v) is 5.91. The summed E-state index contributed by atoms with van der Waals surface area (Å²) in [7, 11) is 0. The fourth-order valence-corrected chi connectivity index (χ4v) is 2.41. The molecule has 1 amide bonds. The molecule has 0 bridgehead atoms. The van der Waals surface area contributed by atoms with Crippen molar-refractivity contribution in [3.8, 4) is 12.3 Å². The summed E-state index contributed by atoms with van der Waals surface area (Å²) in [6.45, 7) is -1.96. The van der Waals surface area contributed by atoms with Gasteiger partial charge in [0, 0.05) is 0 Å². The lowest BCUT2D eigenvalue weighted by molar-refractivity contribution is -0.326. The Morgan fingerprint density at radius 1 is 1.15 bits per heavy atom. The normalized spacial score (nSPS) is 32.8. The van der Waals surface area contributed by atoms with Crippen LogP contribution < -0.4 is 5.32 Å². The first kappa shape index (κ1) is 23.7. The van der Waals surface area contributed by atoms with E-state index in [0.29, 0.717) is 0 Å². The van der Waals surface area contributed by atoms with E-state index in [2.05, 4.69) is 11.2 Å². The van der Waals surface area contributed by atoms with E-state index >= 15 is 0 Å². The first-order valence-electron chi connectivity index (χ1n) is 8.01. The van der Waals surface area contributed by atoms with Crippen molar-refractivity contribution in [2.24, 2.45) is 0 Å². The lowest BCUT2D eigenvalue weighted by atomic mass is 9.98. The van der Waals surface area contributed by atoms with Gasteiger partial charge < -0.3 is 55.6 Å². The van der Waals surface area contributed by atoms with Gasteiger partial charge >= 0.3 is 0 Å². The smallest absolute Gasteiger partial charge is 0.252 e. The molecular formula is C15H25NO11. The molecule has 0 saturated carbocycles. The molecule has 0 unspecified atom stereocenters. The highest BCUT2D eigenvalue weighted by Crippen LogP contribution is 2.25. The SMILES string of the molecule is C#CCNC(=O)[C@H](O)[C@H](O)[C@H](O[C@@H]1O[C@H](CO)[C@H](O)[C@H](O)[C@H]1O)[C@H](O)CO. The molecule has 1 aliphatic heterocycles. The average molecular weight is 395 g/mol. The van der Waals surface area contributed by atoms with Gasteiger partial charge in [0.1, 0.15) is 42.7 Å². The van der Waals surface area contributed by atoms with Crippen molar-refractivity contribution in [3.63, 3.8) is 0 Å². The summed E-state index contributed by atoms with van der Waals surface area (Å²) in [6.07, 6.45) is -11.4. The molecule has 12 nitrogen and oxygen atoms in total. The van der Waals surface area contributed by atoms with Crippen molar-refractivity contribution in [2.45, 2.75) is 55.1 Å². The molecule has 0 aliphatic carbocycles. The van der Waals surface area contributed by atoms with Gasteiger partial charge in [0.15, 0.2) is 12.4 Å². The Kier molecular flexibility index (Phi) is 9.50. The van der Waals surface area contributed by atoms with Crippen molar-refractivity contribution < 1.29 is 55.1 Å². The number of nitrogens with one attached hydrogen (secondary N) is 1. The third-order valence-corrected chi connectivity index (χ3v) is 4.00. The monoisotopic (exact) mass is 395 g/mol.